The minimum Gasteiger partial charge on any atom is -0.373 e. The topological polar surface area (TPSA) is 106 Å². The molecule has 2 unspecified atom stereocenters. The highest BCUT2D eigenvalue weighted by Gasteiger charge is 2.32. The Labute approximate surface area is 231 Å². The van der Waals surface area contributed by atoms with E-state index >= 15 is 0 Å². The molecule has 39 heavy (non-hydrogen) atoms. The summed E-state index contributed by atoms with van der Waals surface area (Å²) < 4.78 is 36.2. The zero-order valence-electron chi connectivity index (χ0n) is 22.2. The Morgan fingerprint density at radius 1 is 1.03 bits per heavy atom. The lowest BCUT2D eigenvalue weighted by Gasteiger charge is -2.34. The van der Waals surface area contributed by atoms with Crippen molar-refractivity contribution in [3.05, 3.63) is 64.8 Å². The van der Waals surface area contributed by atoms with Crippen LogP contribution in [0.4, 0.5) is 5.82 Å². The largest absolute Gasteiger partial charge is 0.373 e. The molecule has 0 spiro atoms. The predicted molar refractivity (Wildman–Crippen MR) is 151 cm³/mol. The molecule has 3 heterocycles. The second-order valence-electron chi connectivity index (χ2n) is 10.4. The Balaban J connectivity index is 1.22. The maximum absolute atomic E-state index is 13.2. The van der Waals surface area contributed by atoms with Gasteiger partial charge >= 0.3 is 0 Å². The fourth-order valence-corrected chi connectivity index (χ4v) is 7.98. The lowest BCUT2D eigenvalue weighted by Crippen LogP contribution is -2.48. The monoisotopic (exact) mass is 565 g/mol. The van der Waals surface area contributed by atoms with Crippen molar-refractivity contribution in [1.29, 1.82) is 0 Å². The summed E-state index contributed by atoms with van der Waals surface area (Å²) in [6, 6.07) is 12.3. The molecule has 1 saturated heterocycles. The van der Waals surface area contributed by atoms with Gasteiger partial charge in [0.25, 0.3) is 5.91 Å². The third-order valence-corrected chi connectivity index (χ3v) is 10.1. The van der Waals surface area contributed by atoms with Gasteiger partial charge < -0.3 is 10.1 Å². The normalized spacial score (nSPS) is 20.2. The van der Waals surface area contributed by atoms with Gasteiger partial charge in [-0.25, -0.2) is 13.4 Å². The van der Waals surface area contributed by atoms with E-state index in [0.29, 0.717) is 29.6 Å². The number of rotatable bonds is 5. The van der Waals surface area contributed by atoms with Crippen LogP contribution in [0.15, 0.2) is 47.4 Å². The standard InChI is InChI=1S/C28H31N5O4S2/c1-17-12-26(33(31-17)28-29-24-13-21-6-4-5-7-22(21)14-25(24)38-28)30-27(34)20-8-10-23(11-9-20)39(35,36)32-15-18(2)37-19(3)16-32/h8-14,18-19H,4-7,15-16H2,1-3H3,(H,30,34). The van der Waals surface area contributed by atoms with Gasteiger partial charge in [-0.2, -0.15) is 14.1 Å². The molecule has 9 nitrogen and oxygen atoms in total. The number of ether oxygens (including phenoxy) is 1. The molecule has 2 aliphatic rings. The van der Waals surface area contributed by atoms with Crippen molar-refractivity contribution in [2.24, 2.45) is 0 Å². The van der Waals surface area contributed by atoms with E-state index in [4.69, 9.17) is 9.72 Å². The summed E-state index contributed by atoms with van der Waals surface area (Å²) in [5, 5.41) is 8.20. The number of morpholine rings is 1. The summed E-state index contributed by atoms with van der Waals surface area (Å²) >= 11 is 1.55. The molecule has 2 atom stereocenters. The van der Waals surface area contributed by atoms with Gasteiger partial charge in [-0.3, -0.25) is 4.79 Å². The SMILES string of the molecule is Cc1cc(NC(=O)c2ccc(S(=O)(=O)N3CC(C)OC(C)C3)cc2)n(-c2nc3cc4c(cc3s2)CCCC4)n1. The van der Waals surface area contributed by atoms with Crippen LogP contribution in [0.25, 0.3) is 15.3 Å². The number of hydrogen-bond acceptors (Lipinski definition) is 7. The fraction of sp³-hybridized carbons (Fsp3) is 0.393. The Bertz CT molecular complexity index is 1610. The van der Waals surface area contributed by atoms with E-state index in [9.17, 15) is 13.2 Å². The Kier molecular flexibility index (Phi) is 6.78. The highest BCUT2D eigenvalue weighted by molar-refractivity contribution is 7.89. The number of nitrogens with zero attached hydrogens (tertiary/aromatic N) is 4. The maximum atomic E-state index is 13.2. The van der Waals surface area contributed by atoms with Crippen molar-refractivity contribution < 1.29 is 17.9 Å². The van der Waals surface area contributed by atoms with Gasteiger partial charge in [0.1, 0.15) is 5.82 Å². The lowest BCUT2D eigenvalue weighted by molar-refractivity contribution is -0.0440. The number of carbonyl (C=O) groups excluding carboxylic acids is 1. The first-order valence-corrected chi connectivity index (χ1v) is 15.5. The molecule has 0 bridgehead atoms. The third-order valence-electron chi connectivity index (χ3n) is 7.24. The molecule has 1 aliphatic heterocycles. The summed E-state index contributed by atoms with van der Waals surface area (Å²) in [5.74, 6) is 0.152. The summed E-state index contributed by atoms with van der Waals surface area (Å²) in [4.78, 5) is 18.1. The first-order chi connectivity index (χ1) is 18.7. The number of amides is 1. The molecule has 4 aromatic rings. The van der Waals surface area contributed by atoms with Gasteiger partial charge in [0.15, 0.2) is 0 Å². The van der Waals surface area contributed by atoms with Crippen LogP contribution in [0.2, 0.25) is 0 Å². The molecule has 0 saturated carbocycles. The van der Waals surface area contributed by atoms with E-state index in [0.717, 1.165) is 28.8 Å². The molecule has 2 aromatic heterocycles. The zero-order chi connectivity index (χ0) is 27.3. The van der Waals surface area contributed by atoms with E-state index in [1.807, 2.05) is 20.8 Å². The number of hydrogen-bond donors (Lipinski definition) is 1. The van der Waals surface area contributed by atoms with Crippen LogP contribution in [-0.2, 0) is 27.6 Å². The number of carbonyl (C=O) groups is 1. The molecule has 1 fully saturated rings. The summed E-state index contributed by atoms with van der Waals surface area (Å²) in [5.41, 5.74) is 4.82. The third kappa shape index (κ3) is 5.11. The number of thiazole rings is 1. The molecule has 1 amide bonds. The second-order valence-corrected chi connectivity index (χ2v) is 13.4. The molecular weight excluding hydrogens is 534 g/mol. The first kappa shape index (κ1) is 26.1. The molecule has 11 heteroatoms. The smallest absolute Gasteiger partial charge is 0.256 e. The average molecular weight is 566 g/mol. The molecule has 1 aliphatic carbocycles. The molecule has 0 radical (unpaired) electrons. The van der Waals surface area contributed by atoms with Gasteiger partial charge in [0.2, 0.25) is 15.2 Å². The summed E-state index contributed by atoms with van der Waals surface area (Å²) in [7, 11) is -3.69. The van der Waals surface area contributed by atoms with Gasteiger partial charge in [-0.15, -0.1) is 0 Å². The number of benzene rings is 2. The number of aromatic nitrogens is 3. The average Bonchev–Trinajstić information content (AvgIpc) is 3.48. The van der Waals surface area contributed by atoms with Crippen LogP contribution in [-0.4, -0.2) is 58.7 Å². The predicted octanol–water partition coefficient (Wildman–Crippen LogP) is 4.72. The van der Waals surface area contributed by atoms with E-state index in [2.05, 4.69) is 22.5 Å². The van der Waals surface area contributed by atoms with Gasteiger partial charge in [-0.1, -0.05) is 11.3 Å². The van der Waals surface area contributed by atoms with E-state index < -0.39 is 10.0 Å². The van der Waals surface area contributed by atoms with E-state index in [-0.39, 0.29) is 23.0 Å². The second kappa shape index (κ2) is 10.1. The minimum atomic E-state index is -3.69. The van der Waals surface area contributed by atoms with Crippen LogP contribution in [0.1, 0.15) is 53.9 Å². The van der Waals surface area contributed by atoms with Crippen molar-refractivity contribution in [1.82, 2.24) is 19.1 Å². The Morgan fingerprint density at radius 3 is 2.38 bits per heavy atom. The van der Waals surface area contributed by atoms with Crippen molar-refractivity contribution >= 4 is 43.3 Å². The minimum absolute atomic E-state index is 0.151. The summed E-state index contributed by atoms with van der Waals surface area (Å²) in [6.07, 6.45) is 4.27. The Morgan fingerprint density at radius 2 is 1.69 bits per heavy atom. The van der Waals surface area contributed by atoms with Crippen LogP contribution in [0, 0.1) is 6.92 Å². The number of nitrogens with one attached hydrogen (secondary N) is 1. The maximum Gasteiger partial charge on any atom is 0.256 e. The molecule has 2 aromatic carbocycles. The highest BCUT2D eigenvalue weighted by Crippen LogP contribution is 2.32. The lowest BCUT2D eigenvalue weighted by atomic mass is 9.92. The van der Waals surface area contributed by atoms with Crippen LogP contribution >= 0.6 is 11.3 Å². The summed E-state index contributed by atoms with van der Waals surface area (Å²) in [6.45, 7) is 6.18. The van der Waals surface area contributed by atoms with Gasteiger partial charge in [0, 0.05) is 24.7 Å². The van der Waals surface area contributed by atoms with Gasteiger partial charge in [0.05, 0.1) is 33.0 Å². The van der Waals surface area contributed by atoms with Crippen LogP contribution < -0.4 is 5.32 Å². The van der Waals surface area contributed by atoms with Crippen LogP contribution in [0.3, 0.4) is 0 Å². The molecule has 6 rings (SSSR count). The van der Waals surface area contributed by atoms with Crippen LogP contribution in [0.5, 0.6) is 0 Å². The van der Waals surface area contributed by atoms with Crippen molar-refractivity contribution in [2.45, 2.75) is 63.6 Å². The number of aryl methyl sites for hydroxylation is 3. The van der Waals surface area contributed by atoms with Crippen molar-refractivity contribution in [3.8, 4) is 5.13 Å². The Hall–Kier alpha value is -3.12. The number of anilines is 1. The zero-order valence-corrected chi connectivity index (χ0v) is 23.8. The van der Waals surface area contributed by atoms with Crippen molar-refractivity contribution in [2.75, 3.05) is 18.4 Å². The van der Waals surface area contributed by atoms with E-state index in [1.54, 1.807) is 22.1 Å². The number of fused-ring (bicyclic) bond motifs is 2. The van der Waals surface area contributed by atoms with Gasteiger partial charge in [-0.05, 0) is 94.0 Å². The molecule has 1 N–H and O–H groups in total. The quantitative estimate of drug-likeness (QED) is 0.375. The first-order valence-electron chi connectivity index (χ1n) is 13.2. The molecular formula is C28H31N5O4S2. The number of sulfonamides is 1. The fourth-order valence-electron chi connectivity index (χ4n) is 5.41. The van der Waals surface area contributed by atoms with Crippen molar-refractivity contribution in [3.63, 3.8) is 0 Å². The molecule has 204 valence electrons. The van der Waals surface area contributed by atoms with E-state index in [1.165, 1.54) is 52.5 Å². The highest BCUT2D eigenvalue weighted by atomic mass is 32.2.